The van der Waals surface area contributed by atoms with E-state index < -0.39 is 17.8 Å². The summed E-state index contributed by atoms with van der Waals surface area (Å²) in [6, 6.07) is 7.55. The summed E-state index contributed by atoms with van der Waals surface area (Å²) in [5.74, 6) is -0.560. The van der Waals surface area contributed by atoms with Crippen LogP contribution in [0, 0.1) is 0 Å². The van der Waals surface area contributed by atoms with Gasteiger partial charge in [-0.2, -0.15) is 18.3 Å². The van der Waals surface area contributed by atoms with Gasteiger partial charge in [-0.05, 0) is 24.6 Å². The molecule has 0 saturated heterocycles. The van der Waals surface area contributed by atoms with Gasteiger partial charge in [0.15, 0.2) is 17.0 Å². The molecule has 31 heavy (non-hydrogen) atoms. The third kappa shape index (κ3) is 5.77. The van der Waals surface area contributed by atoms with Crippen LogP contribution < -0.4 is 0 Å². The molecule has 10 heteroatoms. The van der Waals surface area contributed by atoms with E-state index in [4.69, 9.17) is 11.6 Å². The van der Waals surface area contributed by atoms with Crippen LogP contribution >= 0.6 is 27.5 Å². The van der Waals surface area contributed by atoms with Crippen LogP contribution in [0.4, 0.5) is 13.2 Å². The van der Waals surface area contributed by atoms with Gasteiger partial charge in [0.25, 0.3) is 5.91 Å². The number of rotatable bonds is 4. The average Bonchev–Trinajstić information content (AvgIpc) is 3.04. The number of fused-ring (bicyclic) bond motifs is 1. The Kier molecular flexibility index (Phi) is 8.48. The molecule has 0 unspecified atom stereocenters. The molecule has 168 valence electrons. The predicted molar refractivity (Wildman–Crippen MR) is 119 cm³/mol. The minimum absolute atomic E-state index is 0.0787. The largest absolute Gasteiger partial charge is 0.433 e. The Morgan fingerprint density at radius 3 is 2.29 bits per heavy atom. The first-order chi connectivity index (χ1) is 14.5. The molecule has 0 bridgehead atoms. The first kappa shape index (κ1) is 25.1. The third-order valence-electron chi connectivity index (χ3n) is 4.07. The molecule has 3 aromatic rings. The molecule has 2 aromatic heterocycles. The predicted octanol–water partition coefficient (Wildman–Crippen LogP) is 6.73. The second-order valence-electron chi connectivity index (χ2n) is 6.86. The van der Waals surface area contributed by atoms with E-state index >= 15 is 0 Å². The molecule has 1 aromatic carbocycles. The van der Waals surface area contributed by atoms with Crippen LogP contribution in [0.2, 0.25) is 5.02 Å². The van der Waals surface area contributed by atoms with E-state index in [-0.39, 0.29) is 22.1 Å². The number of carbonyl (C=O) groups excluding carboxylic acids is 1. The highest BCUT2D eigenvalue weighted by Gasteiger charge is 2.37. The Bertz CT molecular complexity index is 1050. The molecule has 0 aliphatic heterocycles. The summed E-state index contributed by atoms with van der Waals surface area (Å²) in [4.78, 5) is 18.1. The topological polar surface area (TPSA) is 50.5 Å². The summed E-state index contributed by atoms with van der Waals surface area (Å²) < 4.78 is 42.4. The molecule has 0 aliphatic rings. The molecule has 0 fully saturated rings. The average molecular weight is 520 g/mol. The molecule has 2 heterocycles. The van der Waals surface area contributed by atoms with Crippen molar-refractivity contribution >= 4 is 39.1 Å². The smallest absolute Gasteiger partial charge is 0.340 e. The molecule has 5 nitrogen and oxygen atoms in total. The zero-order valence-electron chi connectivity index (χ0n) is 17.6. The summed E-state index contributed by atoms with van der Waals surface area (Å²) in [6.07, 6.45) is -2.77. The molecule has 0 spiro atoms. The van der Waals surface area contributed by atoms with Crippen LogP contribution in [0.25, 0.3) is 16.9 Å². The lowest BCUT2D eigenvalue weighted by atomic mass is 10.1. The minimum atomic E-state index is -4.71. The lowest BCUT2D eigenvalue weighted by Gasteiger charge is -2.14. The Labute approximate surface area is 192 Å². The maximum absolute atomic E-state index is 13.7. The zero-order chi connectivity index (χ0) is 23.3. The quantitative estimate of drug-likeness (QED) is 0.384. The van der Waals surface area contributed by atoms with Crippen molar-refractivity contribution < 1.29 is 18.0 Å². The molecule has 0 atom stereocenters. The van der Waals surface area contributed by atoms with Crippen molar-refractivity contribution in [3.63, 3.8) is 0 Å². The number of hydrogen-bond donors (Lipinski definition) is 0. The van der Waals surface area contributed by atoms with Crippen molar-refractivity contribution in [1.82, 2.24) is 19.5 Å². The molecule has 0 aliphatic carbocycles. The summed E-state index contributed by atoms with van der Waals surface area (Å²) in [6.45, 7) is 6.55. The summed E-state index contributed by atoms with van der Waals surface area (Å²) in [5.41, 5.74) is -0.986. The van der Waals surface area contributed by atoms with E-state index in [1.807, 2.05) is 6.92 Å². The number of hydrogen-bond acceptors (Lipinski definition) is 3. The number of carbonyl (C=O) groups is 1. The van der Waals surface area contributed by atoms with Gasteiger partial charge in [-0.25, -0.2) is 9.50 Å². The molecule has 1 amide bonds. The van der Waals surface area contributed by atoms with E-state index in [0.29, 0.717) is 23.0 Å². The fourth-order valence-electron chi connectivity index (χ4n) is 2.72. The first-order valence-corrected chi connectivity index (χ1v) is 10.9. The fraction of sp³-hybridized carbons (Fsp3) is 0.381. The van der Waals surface area contributed by atoms with Crippen molar-refractivity contribution in [2.24, 2.45) is 0 Å². The first-order valence-electron chi connectivity index (χ1n) is 9.72. The third-order valence-corrected chi connectivity index (χ3v) is 4.95. The van der Waals surface area contributed by atoms with Crippen LogP contribution in [0.1, 0.15) is 49.8 Å². The number of aromatic nitrogens is 3. The van der Waals surface area contributed by atoms with Gasteiger partial charge in [0.1, 0.15) is 5.02 Å². The van der Waals surface area contributed by atoms with Crippen molar-refractivity contribution in [1.29, 1.82) is 0 Å². The van der Waals surface area contributed by atoms with Crippen molar-refractivity contribution in [3.05, 3.63) is 51.2 Å². The van der Waals surface area contributed by atoms with Gasteiger partial charge in [-0.1, -0.05) is 66.9 Å². The van der Waals surface area contributed by atoms with Gasteiger partial charge in [0.05, 0.1) is 5.69 Å². The van der Waals surface area contributed by atoms with Crippen LogP contribution in [-0.2, 0) is 6.18 Å². The van der Waals surface area contributed by atoms with E-state index in [9.17, 15) is 18.0 Å². The Morgan fingerprint density at radius 1 is 1.19 bits per heavy atom. The van der Waals surface area contributed by atoms with E-state index in [1.54, 1.807) is 24.3 Å². The van der Waals surface area contributed by atoms with E-state index in [2.05, 4.69) is 39.9 Å². The minimum Gasteiger partial charge on any atom is -0.340 e. The second kappa shape index (κ2) is 10.5. The van der Waals surface area contributed by atoms with Gasteiger partial charge in [-0.15, -0.1) is 0 Å². The number of benzene rings is 1. The Balaban J connectivity index is 0.00000107. The summed E-state index contributed by atoms with van der Waals surface area (Å²) >= 11 is 9.52. The maximum atomic E-state index is 13.7. The highest BCUT2D eigenvalue weighted by molar-refractivity contribution is 9.10. The fourth-order valence-corrected chi connectivity index (χ4v) is 3.22. The number of nitrogens with zero attached hydrogens (tertiary/aromatic N) is 4. The van der Waals surface area contributed by atoms with Gasteiger partial charge in [0.2, 0.25) is 0 Å². The summed E-state index contributed by atoms with van der Waals surface area (Å²) in [7, 11) is 1.54. The number of alkyl halides is 3. The molecule has 3 rings (SSSR count). The van der Waals surface area contributed by atoms with E-state index in [1.165, 1.54) is 18.4 Å². The van der Waals surface area contributed by atoms with Crippen LogP contribution in [0.3, 0.4) is 0 Å². The van der Waals surface area contributed by atoms with Crippen molar-refractivity contribution in [2.75, 3.05) is 13.6 Å². The van der Waals surface area contributed by atoms with Crippen molar-refractivity contribution in [2.45, 2.75) is 39.8 Å². The van der Waals surface area contributed by atoms with Crippen LogP contribution in [0.15, 0.2) is 34.8 Å². The molecule has 0 N–H and O–H groups in total. The van der Waals surface area contributed by atoms with Gasteiger partial charge < -0.3 is 4.90 Å². The summed E-state index contributed by atoms with van der Waals surface area (Å²) in [5, 5.41) is 3.62. The number of amides is 1. The lowest BCUT2D eigenvalue weighted by Crippen LogP contribution is -2.28. The van der Waals surface area contributed by atoms with E-state index in [0.717, 1.165) is 10.5 Å². The molecular weight excluding hydrogens is 497 g/mol. The monoisotopic (exact) mass is 518 g/mol. The molecular formula is C21H23BrClF3N4O. The van der Waals surface area contributed by atoms with Crippen LogP contribution in [0.5, 0.6) is 0 Å². The van der Waals surface area contributed by atoms with Crippen LogP contribution in [-0.4, -0.2) is 39.0 Å². The highest BCUT2D eigenvalue weighted by atomic mass is 79.9. The highest BCUT2D eigenvalue weighted by Crippen LogP contribution is 2.35. The van der Waals surface area contributed by atoms with Gasteiger partial charge >= 0.3 is 6.18 Å². The molecule has 0 radical (unpaired) electrons. The van der Waals surface area contributed by atoms with Gasteiger partial charge in [0, 0.05) is 23.6 Å². The Hall–Kier alpha value is -2.13. The molecule has 0 saturated carbocycles. The van der Waals surface area contributed by atoms with Crippen molar-refractivity contribution in [3.8, 4) is 11.3 Å². The Morgan fingerprint density at radius 2 is 1.77 bits per heavy atom. The maximum Gasteiger partial charge on any atom is 0.433 e. The second-order valence-corrected chi connectivity index (χ2v) is 8.16. The normalized spacial score (nSPS) is 11.3. The SMILES string of the molecule is CCC.CCCN(C)C(=O)c1nn2c(C(F)(F)F)cc(-c3ccc(Br)cc3)nc2c1Cl. The van der Waals surface area contributed by atoms with Gasteiger partial charge in [-0.3, -0.25) is 4.79 Å². The number of halogens is 5. The lowest BCUT2D eigenvalue weighted by molar-refractivity contribution is -0.142. The standard InChI is InChI=1S/C18H15BrClF3N4O.C3H8/c1-3-8-26(2)17(28)15-14(20)16-24-12(10-4-6-11(19)7-5-10)9-13(18(21,22)23)27(16)25-15;1-3-2/h4-7,9H,3,8H2,1-2H3;3H2,1-2H3. The zero-order valence-corrected chi connectivity index (χ0v) is 19.9.